The van der Waals surface area contributed by atoms with Crippen LogP contribution in [0.2, 0.25) is 19.6 Å². The van der Waals surface area contributed by atoms with E-state index in [1.807, 2.05) is 24.4 Å². The molecular formula is C17H17BrFNSi. The van der Waals surface area contributed by atoms with E-state index in [2.05, 4.69) is 58.3 Å². The molecule has 0 aliphatic carbocycles. The van der Waals surface area contributed by atoms with Gasteiger partial charge in [0.2, 0.25) is 0 Å². The third kappa shape index (κ3) is 2.70. The molecular weight excluding hydrogens is 345 g/mol. The second-order valence-corrected chi connectivity index (χ2v) is 12.3. The molecule has 3 rings (SSSR count). The van der Waals surface area contributed by atoms with Crippen molar-refractivity contribution in [3.05, 3.63) is 59.0 Å². The maximum atomic E-state index is 14.1. The first-order chi connectivity index (χ1) is 9.86. The van der Waals surface area contributed by atoms with E-state index < -0.39 is 8.07 Å². The zero-order valence-electron chi connectivity index (χ0n) is 12.3. The fourth-order valence-electron chi connectivity index (χ4n) is 2.58. The normalized spacial score (nSPS) is 12.0. The van der Waals surface area contributed by atoms with Crippen molar-refractivity contribution in [1.82, 2.24) is 4.57 Å². The number of fused-ring (bicyclic) bond motifs is 1. The van der Waals surface area contributed by atoms with Crippen LogP contribution in [-0.4, -0.2) is 12.6 Å². The third-order valence-corrected chi connectivity index (χ3v) is 6.18. The molecule has 0 radical (unpaired) electrons. The number of rotatable bonds is 2. The van der Waals surface area contributed by atoms with Crippen LogP contribution in [-0.2, 0) is 0 Å². The summed E-state index contributed by atoms with van der Waals surface area (Å²) in [4.78, 5) is 0. The molecule has 0 aliphatic heterocycles. The van der Waals surface area contributed by atoms with Crippen LogP contribution in [0.25, 0.3) is 16.6 Å². The van der Waals surface area contributed by atoms with Gasteiger partial charge >= 0.3 is 0 Å². The van der Waals surface area contributed by atoms with Crippen LogP contribution in [0.1, 0.15) is 0 Å². The summed E-state index contributed by atoms with van der Waals surface area (Å²) in [7, 11) is -1.69. The van der Waals surface area contributed by atoms with Gasteiger partial charge in [0.15, 0.2) is 0 Å². The van der Waals surface area contributed by atoms with Crippen LogP contribution in [0.15, 0.2) is 53.1 Å². The quantitative estimate of drug-likeness (QED) is 0.561. The molecule has 0 unspecified atom stereocenters. The topological polar surface area (TPSA) is 4.93 Å². The molecule has 0 spiro atoms. The Kier molecular flexibility index (Phi) is 3.54. The Bertz CT molecular complexity index is 817. The average molecular weight is 362 g/mol. The van der Waals surface area contributed by atoms with Gasteiger partial charge in [-0.2, -0.15) is 0 Å². The number of benzene rings is 2. The zero-order valence-corrected chi connectivity index (χ0v) is 14.9. The maximum absolute atomic E-state index is 14.1. The fraction of sp³-hybridized carbons (Fsp3) is 0.176. The Morgan fingerprint density at radius 2 is 1.76 bits per heavy atom. The summed E-state index contributed by atoms with van der Waals surface area (Å²) in [6.07, 6.45) is 2.04. The highest BCUT2D eigenvalue weighted by molar-refractivity contribution is 9.10. The minimum absolute atomic E-state index is 0.0860. The number of hydrogen-bond acceptors (Lipinski definition) is 0. The molecule has 1 nitrogen and oxygen atoms in total. The van der Waals surface area contributed by atoms with Crippen LogP contribution in [0, 0.1) is 5.82 Å². The van der Waals surface area contributed by atoms with E-state index in [0.717, 1.165) is 20.9 Å². The van der Waals surface area contributed by atoms with Crippen LogP contribution < -0.4 is 5.19 Å². The van der Waals surface area contributed by atoms with Crippen LogP contribution in [0.3, 0.4) is 0 Å². The van der Waals surface area contributed by atoms with Gasteiger partial charge in [-0.1, -0.05) is 35.6 Å². The first kappa shape index (κ1) is 14.5. The summed E-state index contributed by atoms with van der Waals surface area (Å²) in [5.41, 5.74) is 2.15. The monoisotopic (exact) mass is 361 g/mol. The number of hydrogen-bond donors (Lipinski definition) is 0. The van der Waals surface area contributed by atoms with Gasteiger partial charge in [0.1, 0.15) is 5.82 Å². The van der Waals surface area contributed by atoms with Gasteiger partial charge in [-0.25, -0.2) is 4.39 Å². The van der Waals surface area contributed by atoms with Gasteiger partial charge in [-0.3, -0.25) is 0 Å². The summed E-state index contributed by atoms with van der Waals surface area (Å²) in [6, 6.07) is 13.7. The van der Waals surface area contributed by atoms with Crippen molar-refractivity contribution in [3.63, 3.8) is 0 Å². The molecule has 4 heteroatoms. The van der Waals surface area contributed by atoms with Gasteiger partial charge in [0, 0.05) is 21.7 Å². The van der Waals surface area contributed by atoms with Crippen molar-refractivity contribution >= 4 is 40.1 Å². The van der Waals surface area contributed by atoms with Crippen molar-refractivity contribution in [1.29, 1.82) is 0 Å². The van der Waals surface area contributed by atoms with E-state index >= 15 is 0 Å². The average Bonchev–Trinajstić information content (AvgIpc) is 2.81. The van der Waals surface area contributed by atoms with Gasteiger partial charge in [0.05, 0.1) is 13.6 Å². The SMILES string of the molecule is C[Si](C)(C)c1cc(-n2ccc3cc(Br)ccc32)ccc1F. The van der Waals surface area contributed by atoms with E-state index in [9.17, 15) is 4.39 Å². The first-order valence-corrected chi connectivity index (χ1v) is 11.2. The van der Waals surface area contributed by atoms with E-state index in [0.29, 0.717) is 0 Å². The van der Waals surface area contributed by atoms with E-state index in [1.165, 1.54) is 5.39 Å². The molecule has 108 valence electrons. The van der Waals surface area contributed by atoms with E-state index in [1.54, 1.807) is 6.07 Å². The van der Waals surface area contributed by atoms with Crippen LogP contribution in [0.4, 0.5) is 4.39 Å². The lowest BCUT2D eigenvalue weighted by atomic mass is 10.2. The highest BCUT2D eigenvalue weighted by atomic mass is 79.9. The Morgan fingerprint density at radius 1 is 1.00 bits per heavy atom. The summed E-state index contributed by atoms with van der Waals surface area (Å²) in [5.74, 6) is -0.0860. The molecule has 0 fully saturated rings. The molecule has 0 N–H and O–H groups in total. The summed E-state index contributed by atoms with van der Waals surface area (Å²) in [6.45, 7) is 6.50. The predicted octanol–water partition coefficient (Wildman–Crippen LogP) is 5.08. The summed E-state index contributed by atoms with van der Waals surface area (Å²) in [5, 5.41) is 2.04. The lowest BCUT2D eigenvalue weighted by Crippen LogP contribution is -2.40. The lowest BCUT2D eigenvalue weighted by Gasteiger charge is -2.19. The molecule has 0 saturated heterocycles. The van der Waals surface area contributed by atoms with Gasteiger partial charge in [0.25, 0.3) is 0 Å². The van der Waals surface area contributed by atoms with E-state index in [-0.39, 0.29) is 5.82 Å². The van der Waals surface area contributed by atoms with Crippen LogP contribution in [0.5, 0.6) is 0 Å². The molecule has 2 aromatic carbocycles. The smallest absolute Gasteiger partial charge is 0.122 e. The number of aromatic nitrogens is 1. The minimum Gasteiger partial charge on any atom is -0.317 e. The van der Waals surface area contributed by atoms with Crippen LogP contribution >= 0.6 is 15.9 Å². The maximum Gasteiger partial charge on any atom is 0.122 e. The second-order valence-electron chi connectivity index (χ2n) is 6.30. The third-order valence-electron chi connectivity index (χ3n) is 3.69. The molecule has 0 bridgehead atoms. The zero-order chi connectivity index (χ0) is 15.2. The Balaban J connectivity index is 2.19. The highest BCUT2D eigenvalue weighted by Crippen LogP contribution is 2.24. The van der Waals surface area contributed by atoms with Gasteiger partial charge < -0.3 is 4.57 Å². The second kappa shape index (κ2) is 5.11. The fourth-order valence-corrected chi connectivity index (χ4v) is 4.34. The molecule has 0 amide bonds. The molecule has 0 saturated carbocycles. The van der Waals surface area contributed by atoms with E-state index in [4.69, 9.17) is 0 Å². The van der Waals surface area contributed by atoms with Crippen molar-refractivity contribution in [2.24, 2.45) is 0 Å². The lowest BCUT2D eigenvalue weighted by molar-refractivity contribution is 0.634. The van der Waals surface area contributed by atoms with Crippen molar-refractivity contribution in [3.8, 4) is 5.69 Å². The molecule has 0 atom stereocenters. The standard InChI is InChI=1S/C17H17BrFNSi/c1-21(2,3)17-11-14(5-6-15(17)19)20-9-8-12-10-13(18)4-7-16(12)20/h4-11H,1-3H3. The Hall–Kier alpha value is -1.39. The molecule has 0 aliphatic rings. The van der Waals surface area contributed by atoms with Crippen molar-refractivity contribution in [2.45, 2.75) is 19.6 Å². The van der Waals surface area contributed by atoms with Crippen molar-refractivity contribution in [2.75, 3.05) is 0 Å². The summed E-state index contributed by atoms with van der Waals surface area (Å²) >= 11 is 3.49. The number of halogens is 2. The largest absolute Gasteiger partial charge is 0.317 e. The highest BCUT2D eigenvalue weighted by Gasteiger charge is 2.21. The van der Waals surface area contributed by atoms with Crippen molar-refractivity contribution < 1.29 is 4.39 Å². The molecule has 1 heterocycles. The first-order valence-electron chi connectivity index (χ1n) is 6.93. The van der Waals surface area contributed by atoms with Gasteiger partial charge in [-0.15, -0.1) is 0 Å². The van der Waals surface area contributed by atoms with Gasteiger partial charge in [-0.05, 0) is 47.7 Å². The Morgan fingerprint density at radius 3 is 2.48 bits per heavy atom. The molecule has 21 heavy (non-hydrogen) atoms. The number of nitrogens with zero attached hydrogens (tertiary/aromatic N) is 1. The molecule has 3 aromatic rings. The minimum atomic E-state index is -1.69. The summed E-state index contributed by atoms with van der Waals surface area (Å²) < 4.78 is 17.3. The molecule has 1 aromatic heterocycles. The Labute approximate surface area is 133 Å². The predicted molar refractivity (Wildman–Crippen MR) is 93.9 cm³/mol.